The summed E-state index contributed by atoms with van der Waals surface area (Å²) in [5, 5.41) is 8.63. The fourth-order valence-electron chi connectivity index (χ4n) is 1.24. The minimum Gasteiger partial charge on any atom is -0.432 e. The summed E-state index contributed by atoms with van der Waals surface area (Å²) in [5.74, 6) is -1.23. The molecule has 0 unspecified atom stereocenters. The SMILES string of the molecule is N#Cc1cc(C(F)(F)F)cc(S(=O)(=O)Cl)c1OC(F)F. The Morgan fingerprint density at radius 2 is 1.85 bits per heavy atom. The van der Waals surface area contributed by atoms with E-state index in [4.69, 9.17) is 15.9 Å². The largest absolute Gasteiger partial charge is 0.432 e. The van der Waals surface area contributed by atoms with E-state index in [1.54, 1.807) is 0 Å². The molecule has 0 N–H and O–H groups in total. The molecular weight excluding hydrogens is 333 g/mol. The maximum Gasteiger partial charge on any atom is 0.416 e. The van der Waals surface area contributed by atoms with E-state index >= 15 is 0 Å². The van der Waals surface area contributed by atoms with Crippen molar-refractivity contribution in [1.29, 1.82) is 5.26 Å². The zero-order valence-corrected chi connectivity index (χ0v) is 10.7. The number of halogens is 6. The standard InChI is InChI=1S/C9H3ClF5NO3S/c10-20(17,18)6-2-5(9(13,14)15)1-4(3-16)7(6)19-8(11)12/h1-2,8H. The van der Waals surface area contributed by atoms with Gasteiger partial charge in [-0.1, -0.05) is 0 Å². The Morgan fingerprint density at radius 1 is 1.30 bits per heavy atom. The quantitative estimate of drug-likeness (QED) is 0.629. The van der Waals surface area contributed by atoms with Crippen molar-refractivity contribution in [1.82, 2.24) is 0 Å². The van der Waals surface area contributed by atoms with Crippen molar-refractivity contribution in [2.24, 2.45) is 0 Å². The van der Waals surface area contributed by atoms with E-state index in [1.165, 1.54) is 0 Å². The van der Waals surface area contributed by atoms with Crippen LogP contribution in [0.15, 0.2) is 17.0 Å². The van der Waals surface area contributed by atoms with Crippen LogP contribution < -0.4 is 4.74 Å². The average molecular weight is 336 g/mol. The van der Waals surface area contributed by atoms with E-state index in [9.17, 15) is 30.4 Å². The predicted molar refractivity (Wildman–Crippen MR) is 55.8 cm³/mol. The van der Waals surface area contributed by atoms with Crippen LogP contribution in [0.1, 0.15) is 11.1 Å². The second kappa shape index (κ2) is 5.41. The summed E-state index contributed by atoms with van der Waals surface area (Å²) >= 11 is 0. The predicted octanol–water partition coefficient (Wildman–Crippen LogP) is 3.11. The molecule has 1 aromatic rings. The third kappa shape index (κ3) is 3.71. The normalized spacial score (nSPS) is 12.3. The van der Waals surface area contributed by atoms with Crippen LogP contribution in [0.3, 0.4) is 0 Å². The Labute approximate surface area is 113 Å². The Bertz CT molecular complexity index is 665. The first-order valence-corrected chi connectivity index (χ1v) is 6.82. The lowest BCUT2D eigenvalue weighted by Gasteiger charge is -2.14. The zero-order valence-electron chi connectivity index (χ0n) is 9.08. The van der Waals surface area contributed by atoms with E-state index in [0.717, 1.165) is 6.07 Å². The third-order valence-electron chi connectivity index (χ3n) is 1.97. The van der Waals surface area contributed by atoms with Gasteiger partial charge in [-0.25, -0.2) is 8.42 Å². The zero-order chi connectivity index (χ0) is 15.7. The summed E-state index contributed by atoms with van der Waals surface area (Å²) in [6, 6.07) is 1.34. The van der Waals surface area contributed by atoms with Crippen LogP contribution in [0.5, 0.6) is 5.75 Å². The summed E-state index contributed by atoms with van der Waals surface area (Å²) in [6.07, 6.45) is -4.99. The molecule has 1 aromatic carbocycles. The lowest BCUT2D eigenvalue weighted by Crippen LogP contribution is -2.12. The molecule has 0 bridgehead atoms. The number of hydrogen-bond acceptors (Lipinski definition) is 4. The number of ether oxygens (including phenoxy) is 1. The molecule has 110 valence electrons. The van der Waals surface area contributed by atoms with Crippen molar-refractivity contribution in [2.75, 3.05) is 0 Å². The summed E-state index contributed by atoms with van der Waals surface area (Å²) in [5.41, 5.74) is -2.56. The topological polar surface area (TPSA) is 67.2 Å². The van der Waals surface area contributed by atoms with Crippen molar-refractivity contribution < 1.29 is 35.1 Å². The number of hydrogen-bond donors (Lipinski definition) is 0. The monoisotopic (exact) mass is 335 g/mol. The van der Waals surface area contributed by atoms with Crippen LogP contribution in [0, 0.1) is 11.3 Å². The van der Waals surface area contributed by atoms with E-state index in [0.29, 0.717) is 0 Å². The van der Waals surface area contributed by atoms with Gasteiger partial charge in [-0.2, -0.15) is 27.2 Å². The fraction of sp³-hybridized carbons (Fsp3) is 0.222. The lowest BCUT2D eigenvalue weighted by atomic mass is 10.1. The number of nitriles is 1. The van der Waals surface area contributed by atoms with Gasteiger partial charge in [0.2, 0.25) is 0 Å². The van der Waals surface area contributed by atoms with Crippen LogP contribution in [0.4, 0.5) is 22.0 Å². The molecule has 0 fully saturated rings. The summed E-state index contributed by atoms with van der Waals surface area (Å²) in [6.45, 7) is -3.55. The highest BCUT2D eigenvalue weighted by molar-refractivity contribution is 8.13. The second-order valence-electron chi connectivity index (χ2n) is 3.28. The second-order valence-corrected chi connectivity index (χ2v) is 5.81. The number of benzene rings is 1. The van der Waals surface area contributed by atoms with Gasteiger partial charge in [0.25, 0.3) is 9.05 Å². The molecule has 0 aliphatic rings. The highest BCUT2D eigenvalue weighted by Crippen LogP contribution is 2.38. The first-order chi connectivity index (χ1) is 8.96. The van der Waals surface area contributed by atoms with E-state index in [2.05, 4.69) is 4.74 Å². The summed E-state index contributed by atoms with van der Waals surface area (Å²) in [7, 11) is 0.0370. The molecule has 0 spiro atoms. The van der Waals surface area contributed by atoms with Crippen molar-refractivity contribution in [3.05, 3.63) is 23.3 Å². The Balaban J connectivity index is 3.71. The molecule has 0 aromatic heterocycles. The van der Waals surface area contributed by atoms with E-state index in [1.807, 2.05) is 0 Å². The highest BCUT2D eigenvalue weighted by atomic mass is 35.7. The number of alkyl halides is 5. The molecule has 0 aliphatic heterocycles. The molecule has 0 saturated heterocycles. The third-order valence-corrected chi connectivity index (χ3v) is 3.30. The molecular formula is C9H3ClF5NO3S. The first kappa shape index (κ1) is 16.5. The maximum absolute atomic E-state index is 12.5. The Morgan fingerprint density at radius 3 is 2.20 bits per heavy atom. The van der Waals surface area contributed by atoms with Gasteiger partial charge in [-0.15, -0.1) is 0 Å². The van der Waals surface area contributed by atoms with E-state index in [-0.39, 0.29) is 12.1 Å². The number of nitrogens with zero attached hydrogens (tertiary/aromatic N) is 1. The highest BCUT2D eigenvalue weighted by Gasteiger charge is 2.35. The molecule has 0 saturated carbocycles. The van der Waals surface area contributed by atoms with Crippen molar-refractivity contribution >= 4 is 19.7 Å². The van der Waals surface area contributed by atoms with Gasteiger partial charge < -0.3 is 4.74 Å². The minimum atomic E-state index is -4.99. The fourth-order valence-corrected chi connectivity index (χ4v) is 2.23. The van der Waals surface area contributed by atoms with Gasteiger partial charge in [0, 0.05) is 10.7 Å². The Hall–Kier alpha value is -1.60. The smallest absolute Gasteiger partial charge is 0.416 e. The molecule has 0 aliphatic carbocycles. The van der Waals surface area contributed by atoms with Crippen LogP contribution in [0.2, 0.25) is 0 Å². The van der Waals surface area contributed by atoms with Crippen LogP contribution in [-0.2, 0) is 15.2 Å². The molecule has 1 rings (SSSR count). The van der Waals surface area contributed by atoms with Gasteiger partial charge in [0.1, 0.15) is 11.0 Å². The van der Waals surface area contributed by atoms with Crippen molar-refractivity contribution in [2.45, 2.75) is 17.7 Å². The van der Waals surface area contributed by atoms with Crippen molar-refractivity contribution in [3.63, 3.8) is 0 Å². The molecule has 11 heteroatoms. The van der Waals surface area contributed by atoms with Gasteiger partial charge >= 0.3 is 12.8 Å². The van der Waals surface area contributed by atoms with E-state index < -0.39 is 43.6 Å². The molecule has 0 amide bonds. The summed E-state index contributed by atoms with van der Waals surface area (Å²) < 4.78 is 88.0. The average Bonchev–Trinajstić information content (AvgIpc) is 2.25. The van der Waals surface area contributed by atoms with Gasteiger partial charge in [-0.05, 0) is 12.1 Å². The molecule has 20 heavy (non-hydrogen) atoms. The number of rotatable bonds is 3. The Kier molecular flexibility index (Phi) is 4.45. The summed E-state index contributed by atoms with van der Waals surface area (Å²) in [4.78, 5) is -1.36. The molecule has 0 radical (unpaired) electrons. The van der Waals surface area contributed by atoms with Crippen LogP contribution in [0.25, 0.3) is 0 Å². The van der Waals surface area contributed by atoms with Crippen LogP contribution >= 0.6 is 10.7 Å². The minimum absolute atomic E-state index is 0.0148. The lowest BCUT2D eigenvalue weighted by molar-refractivity contribution is -0.137. The van der Waals surface area contributed by atoms with Crippen molar-refractivity contribution in [3.8, 4) is 11.8 Å². The molecule has 4 nitrogen and oxygen atoms in total. The first-order valence-electron chi connectivity index (χ1n) is 4.51. The maximum atomic E-state index is 12.5. The van der Waals surface area contributed by atoms with Gasteiger partial charge in [0.05, 0.1) is 11.1 Å². The molecule has 0 heterocycles. The molecule has 0 atom stereocenters. The van der Waals surface area contributed by atoms with Gasteiger partial charge in [0.15, 0.2) is 5.75 Å². The van der Waals surface area contributed by atoms with Gasteiger partial charge in [-0.3, -0.25) is 0 Å². The van der Waals surface area contributed by atoms with Crippen LogP contribution in [-0.4, -0.2) is 15.0 Å².